The standard InChI is InChI=1S/C31H24ClN3O2S/c1-18-14-27-30(29(24(18)16-28(36)37)21-8-11-23(32)12-9-21)38-31(33-27)22-10-13-26-25(15-22)19(2)35(34-26)17-20-6-4-3-5-7-20/h3-15H,16-17H2,1-2H3,(H,36,37). The number of halogens is 1. The van der Waals surface area contributed by atoms with Crippen LogP contribution in [-0.2, 0) is 17.8 Å². The Balaban J connectivity index is 1.48. The van der Waals surface area contributed by atoms with Crippen LogP contribution in [0.4, 0.5) is 0 Å². The number of hydrogen-bond donors (Lipinski definition) is 1. The SMILES string of the molecule is Cc1cc2nc(-c3ccc4nn(Cc5ccccc5)c(C)c4c3)sc2c(-c2ccc(Cl)cc2)c1CC(=O)O. The first-order valence-corrected chi connectivity index (χ1v) is 13.5. The number of hydrogen-bond acceptors (Lipinski definition) is 4. The molecule has 0 unspecified atom stereocenters. The van der Waals surface area contributed by atoms with E-state index in [0.717, 1.165) is 59.6 Å². The second-order valence-electron chi connectivity index (χ2n) is 9.45. The number of aromatic nitrogens is 3. The molecule has 5 nitrogen and oxygen atoms in total. The Morgan fingerprint density at radius 2 is 1.68 bits per heavy atom. The van der Waals surface area contributed by atoms with Crippen LogP contribution in [0, 0.1) is 13.8 Å². The molecule has 38 heavy (non-hydrogen) atoms. The fraction of sp³-hybridized carbons (Fsp3) is 0.129. The van der Waals surface area contributed by atoms with Crippen molar-refractivity contribution in [2.24, 2.45) is 0 Å². The van der Waals surface area contributed by atoms with Crippen molar-refractivity contribution in [1.82, 2.24) is 14.8 Å². The Morgan fingerprint density at radius 3 is 2.42 bits per heavy atom. The summed E-state index contributed by atoms with van der Waals surface area (Å²) in [6, 6.07) is 26.1. The van der Waals surface area contributed by atoms with Gasteiger partial charge in [0.05, 0.1) is 28.7 Å². The molecule has 0 spiro atoms. The van der Waals surface area contributed by atoms with Crippen molar-refractivity contribution in [1.29, 1.82) is 0 Å². The lowest BCUT2D eigenvalue weighted by Crippen LogP contribution is -2.04. The van der Waals surface area contributed by atoms with E-state index in [2.05, 4.69) is 31.2 Å². The maximum Gasteiger partial charge on any atom is 0.307 e. The van der Waals surface area contributed by atoms with Gasteiger partial charge in [0.15, 0.2) is 0 Å². The molecule has 6 rings (SSSR count). The van der Waals surface area contributed by atoms with Crippen molar-refractivity contribution < 1.29 is 9.90 Å². The molecule has 2 aromatic heterocycles. The van der Waals surface area contributed by atoms with Crippen molar-refractivity contribution in [3.8, 4) is 21.7 Å². The van der Waals surface area contributed by atoms with Gasteiger partial charge in [-0.25, -0.2) is 4.98 Å². The number of carbonyl (C=O) groups is 1. The molecule has 0 atom stereocenters. The third kappa shape index (κ3) is 4.46. The van der Waals surface area contributed by atoms with E-state index in [0.29, 0.717) is 11.6 Å². The molecular formula is C31H24ClN3O2S. The van der Waals surface area contributed by atoms with Gasteiger partial charge in [0, 0.05) is 27.2 Å². The summed E-state index contributed by atoms with van der Waals surface area (Å²) in [5, 5.41) is 17.1. The molecule has 4 aromatic carbocycles. The number of aliphatic carboxylic acids is 1. The van der Waals surface area contributed by atoms with Crippen LogP contribution in [0.1, 0.15) is 22.4 Å². The third-order valence-electron chi connectivity index (χ3n) is 6.90. The summed E-state index contributed by atoms with van der Waals surface area (Å²) >= 11 is 7.74. The molecule has 0 saturated heterocycles. The molecule has 0 fully saturated rings. The van der Waals surface area contributed by atoms with Crippen molar-refractivity contribution in [3.05, 3.63) is 106 Å². The van der Waals surface area contributed by atoms with E-state index in [9.17, 15) is 9.90 Å². The van der Waals surface area contributed by atoms with E-state index in [4.69, 9.17) is 21.7 Å². The highest BCUT2D eigenvalue weighted by molar-refractivity contribution is 7.22. The average Bonchev–Trinajstić information content (AvgIpc) is 3.46. The molecule has 188 valence electrons. The van der Waals surface area contributed by atoms with Crippen LogP contribution in [-0.4, -0.2) is 25.8 Å². The Labute approximate surface area is 229 Å². The van der Waals surface area contributed by atoms with Gasteiger partial charge in [-0.2, -0.15) is 5.10 Å². The number of fused-ring (bicyclic) bond motifs is 2. The van der Waals surface area contributed by atoms with Gasteiger partial charge in [-0.3, -0.25) is 9.48 Å². The minimum absolute atomic E-state index is 0.0568. The van der Waals surface area contributed by atoms with Crippen LogP contribution >= 0.6 is 22.9 Å². The van der Waals surface area contributed by atoms with E-state index in [-0.39, 0.29) is 6.42 Å². The predicted molar refractivity (Wildman–Crippen MR) is 155 cm³/mol. The molecule has 0 aliphatic heterocycles. The average molecular weight is 538 g/mol. The first-order valence-electron chi connectivity index (χ1n) is 12.3. The summed E-state index contributed by atoms with van der Waals surface area (Å²) in [4.78, 5) is 16.8. The van der Waals surface area contributed by atoms with E-state index < -0.39 is 5.97 Å². The third-order valence-corrected chi connectivity index (χ3v) is 8.29. The fourth-order valence-corrected chi connectivity index (χ4v) is 6.22. The van der Waals surface area contributed by atoms with Crippen molar-refractivity contribution in [3.63, 3.8) is 0 Å². The summed E-state index contributed by atoms with van der Waals surface area (Å²) in [7, 11) is 0. The highest BCUT2D eigenvalue weighted by atomic mass is 35.5. The van der Waals surface area contributed by atoms with Crippen molar-refractivity contribution >= 4 is 50.0 Å². The summed E-state index contributed by atoms with van der Waals surface area (Å²) in [6.45, 7) is 4.77. The quantitative estimate of drug-likeness (QED) is 0.234. The molecule has 7 heteroatoms. The summed E-state index contributed by atoms with van der Waals surface area (Å²) in [6.07, 6.45) is -0.0568. The zero-order valence-corrected chi connectivity index (χ0v) is 22.5. The first-order chi connectivity index (χ1) is 18.4. The van der Waals surface area contributed by atoms with Crippen molar-refractivity contribution in [2.75, 3.05) is 0 Å². The number of carboxylic acid groups (broad SMARTS) is 1. The van der Waals surface area contributed by atoms with Gasteiger partial charge in [0.25, 0.3) is 0 Å². The van der Waals surface area contributed by atoms with Crippen LogP contribution in [0.2, 0.25) is 5.02 Å². The molecule has 0 aliphatic rings. The monoisotopic (exact) mass is 537 g/mol. The van der Waals surface area contributed by atoms with Gasteiger partial charge in [-0.1, -0.05) is 54.1 Å². The van der Waals surface area contributed by atoms with Crippen LogP contribution in [0.25, 0.3) is 42.8 Å². The lowest BCUT2D eigenvalue weighted by Gasteiger charge is -2.13. The van der Waals surface area contributed by atoms with Crippen LogP contribution in [0.3, 0.4) is 0 Å². The highest BCUT2D eigenvalue weighted by Gasteiger charge is 2.20. The molecule has 6 aromatic rings. The number of benzene rings is 4. The normalized spacial score (nSPS) is 11.4. The van der Waals surface area contributed by atoms with Gasteiger partial charge >= 0.3 is 5.97 Å². The number of nitrogens with zero attached hydrogens (tertiary/aromatic N) is 3. The lowest BCUT2D eigenvalue weighted by atomic mass is 9.93. The van der Waals surface area contributed by atoms with Crippen LogP contribution in [0.5, 0.6) is 0 Å². The van der Waals surface area contributed by atoms with Gasteiger partial charge in [0.1, 0.15) is 5.01 Å². The highest BCUT2D eigenvalue weighted by Crippen LogP contribution is 2.41. The summed E-state index contributed by atoms with van der Waals surface area (Å²) in [5.41, 5.74) is 8.69. The number of aryl methyl sites for hydroxylation is 2. The topological polar surface area (TPSA) is 68.0 Å². The fourth-order valence-electron chi connectivity index (χ4n) is 4.96. The van der Waals surface area contributed by atoms with E-state index >= 15 is 0 Å². The molecule has 0 bridgehead atoms. The minimum atomic E-state index is -0.860. The Hall–Kier alpha value is -4.00. The van der Waals surface area contributed by atoms with Gasteiger partial charge < -0.3 is 5.11 Å². The van der Waals surface area contributed by atoms with E-state index in [1.807, 2.05) is 66.2 Å². The lowest BCUT2D eigenvalue weighted by molar-refractivity contribution is -0.136. The maximum atomic E-state index is 11.8. The zero-order valence-electron chi connectivity index (χ0n) is 20.9. The maximum absolute atomic E-state index is 11.8. The molecule has 2 heterocycles. The summed E-state index contributed by atoms with van der Waals surface area (Å²) < 4.78 is 3.02. The molecule has 1 N–H and O–H groups in total. The molecular weight excluding hydrogens is 514 g/mol. The Morgan fingerprint density at radius 1 is 0.947 bits per heavy atom. The van der Waals surface area contributed by atoms with Gasteiger partial charge in [0.2, 0.25) is 0 Å². The number of carboxylic acids is 1. The Bertz CT molecular complexity index is 1820. The molecule has 0 amide bonds. The molecule has 0 aliphatic carbocycles. The smallest absolute Gasteiger partial charge is 0.307 e. The van der Waals surface area contributed by atoms with Gasteiger partial charge in [-0.15, -0.1) is 11.3 Å². The second-order valence-corrected chi connectivity index (χ2v) is 10.9. The number of thiazole rings is 1. The Kier molecular flexibility index (Phi) is 6.22. The van der Waals surface area contributed by atoms with Crippen LogP contribution < -0.4 is 0 Å². The number of rotatable bonds is 6. The molecule has 0 radical (unpaired) electrons. The van der Waals surface area contributed by atoms with Gasteiger partial charge in [-0.05, 0) is 72.5 Å². The van der Waals surface area contributed by atoms with Crippen molar-refractivity contribution in [2.45, 2.75) is 26.8 Å². The minimum Gasteiger partial charge on any atom is -0.481 e. The van der Waals surface area contributed by atoms with E-state index in [1.54, 1.807) is 11.3 Å². The van der Waals surface area contributed by atoms with Crippen LogP contribution in [0.15, 0.2) is 78.9 Å². The second kappa shape index (κ2) is 9.71. The first kappa shape index (κ1) is 24.3. The zero-order chi connectivity index (χ0) is 26.4. The summed E-state index contributed by atoms with van der Waals surface area (Å²) in [5.74, 6) is -0.860. The largest absolute Gasteiger partial charge is 0.481 e. The predicted octanol–water partition coefficient (Wildman–Crippen LogP) is 7.93. The molecule has 0 saturated carbocycles. The van der Waals surface area contributed by atoms with E-state index in [1.165, 1.54) is 5.56 Å².